The number of hydrogen-bond donors (Lipinski definition) is 0. The first-order valence-electron chi connectivity index (χ1n) is 8.15. The molecule has 25 heavy (non-hydrogen) atoms. The molecule has 3 heterocycles. The van der Waals surface area contributed by atoms with Crippen LogP contribution < -0.4 is 0 Å². The molecule has 8 heteroatoms. The number of aromatic nitrogens is 4. The Morgan fingerprint density at radius 2 is 2.28 bits per heavy atom. The molecule has 0 aromatic carbocycles. The van der Waals surface area contributed by atoms with Gasteiger partial charge in [0.05, 0.1) is 6.20 Å². The molecular weight excluding hydrogens is 338 g/mol. The quantitative estimate of drug-likeness (QED) is 0.648. The fraction of sp³-hybridized carbons (Fsp3) is 0.412. The normalized spacial score (nSPS) is 11.2. The van der Waals surface area contributed by atoms with Crippen molar-refractivity contribution < 1.29 is 9.32 Å². The van der Waals surface area contributed by atoms with Crippen LogP contribution in [0, 0.1) is 0 Å². The molecule has 0 aliphatic heterocycles. The van der Waals surface area contributed by atoms with Gasteiger partial charge in [-0.1, -0.05) is 5.16 Å². The zero-order valence-electron chi connectivity index (χ0n) is 14.5. The van der Waals surface area contributed by atoms with Gasteiger partial charge >= 0.3 is 0 Å². The van der Waals surface area contributed by atoms with E-state index in [1.165, 1.54) is 0 Å². The standard InChI is InChI=1S/C17H21N5O2S/c1-12(2)22(10-13-8-18-21(3)9-13)16(23)5-4-15-19-17(20-24-15)14-6-7-25-11-14/h6-9,11-12H,4-5,10H2,1-3H3. The third-order valence-corrected chi connectivity index (χ3v) is 4.54. The molecule has 7 nitrogen and oxygen atoms in total. The van der Waals surface area contributed by atoms with Crippen LogP contribution in [0.25, 0.3) is 11.4 Å². The molecule has 3 rings (SSSR count). The minimum absolute atomic E-state index is 0.0640. The van der Waals surface area contributed by atoms with Gasteiger partial charge in [-0.15, -0.1) is 0 Å². The summed E-state index contributed by atoms with van der Waals surface area (Å²) in [6.45, 7) is 4.57. The van der Waals surface area contributed by atoms with Gasteiger partial charge in [0.25, 0.3) is 0 Å². The SMILES string of the molecule is CC(C)N(Cc1cnn(C)c1)C(=O)CCc1nc(-c2ccsc2)no1. The van der Waals surface area contributed by atoms with Crippen molar-refractivity contribution in [1.82, 2.24) is 24.8 Å². The van der Waals surface area contributed by atoms with Crippen LogP contribution in [-0.4, -0.2) is 36.8 Å². The van der Waals surface area contributed by atoms with Crippen LogP contribution in [0.4, 0.5) is 0 Å². The molecule has 3 aromatic rings. The van der Waals surface area contributed by atoms with Crippen LogP contribution >= 0.6 is 11.3 Å². The number of amides is 1. The molecule has 1 amide bonds. The Morgan fingerprint density at radius 3 is 2.92 bits per heavy atom. The van der Waals surface area contributed by atoms with Gasteiger partial charge in [-0.25, -0.2) is 0 Å². The molecule has 3 aromatic heterocycles. The second-order valence-corrected chi connectivity index (χ2v) is 6.94. The van der Waals surface area contributed by atoms with Crippen LogP contribution in [0.3, 0.4) is 0 Å². The largest absolute Gasteiger partial charge is 0.339 e. The lowest BCUT2D eigenvalue weighted by Gasteiger charge is -2.26. The molecule has 0 saturated carbocycles. The summed E-state index contributed by atoms with van der Waals surface area (Å²) in [7, 11) is 1.87. The van der Waals surface area contributed by atoms with Gasteiger partial charge in [-0.2, -0.15) is 21.4 Å². The van der Waals surface area contributed by atoms with E-state index in [-0.39, 0.29) is 11.9 Å². The minimum Gasteiger partial charge on any atom is -0.339 e. The summed E-state index contributed by atoms with van der Waals surface area (Å²) in [6.07, 6.45) is 4.48. The van der Waals surface area contributed by atoms with Gasteiger partial charge < -0.3 is 9.42 Å². The topological polar surface area (TPSA) is 77.1 Å². The zero-order chi connectivity index (χ0) is 17.8. The van der Waals surface area contributed by atoms with Crippen molar-refractivity contribution in [1.29, 1.82) is 0 Å². The van der Waals surface area contributed by atoms with Crippen molar-refractivity contribution in [3.63, 3.8) is 0 Å². The van der Waals surface area contributed by atoms with Gasteiger partial charge in [0.1, 0.15) is 0 Å². The monoisotopic (exact) mass is 359 g/mol. The van der Waals surface area contributed by atoms with E-state index >= 15 is 0 Å². The Labute approximate surface area is 150 Å². The summed E-state index contributed by atoms with van der Waals surface area (Å²) in [5, 5.41) is 12.1. The molecule has 0 radical (unpaired) electrons. The number of nitrogens with zero attached hydrogens (tertiary/aromatic N) is 5. The van der Waals surface area contributed by atoms with E-state index in [0.717, 1.165) is 11.1 Å². The smallest absolute Gasteiger partial charge is 0.227 e. The van der Waals surface area contributed by atoms with E-state index in [9.17, 15) is 4.79 Å². The van der Waals surface area contributed by atoms with Gasteiger partial charge in [-0.05, 0) is 25.3 Å². The highest BCUT2D eigenvalue weighted by atomic mass is 32.1. The maximum absolute atomic E-state index is 12.6. The van der Waals surface area contributed by atoms with E-state index in [4.69, 9.17) is 4.52 Å². The summed E-state index contributed by atoms with van der Waals surface area (Å²) >= 11 is 1.58. The van der Waals surface area contributed by atoms with Gasteiger partial charge in [0, 0.05) is 55.2 Å². The van der Waals surface area contributed by atoms with Gasteiger partial charge in [-0.3, -0.25) is 9.48 Å². The summed E-state index contributed by atoms with van der Waals surface area (Å²) < 4.78 is 7.00. The van der Waals surface area contributed by atoms with E-state index in [1.54, 1.807) is 22.2 Å². The highest BCUT2D eigenvalue weighted by Crippen LogP contribution is 2.19. The van der Waals surface area contributed by atoms with E-state index in [2.05, 4.69) is 15.2 Å². The lowest BCUT2D eigenvalue weighted by molar-refractivity contribution is -0.133. The molecule has 0 aliphatic carbocycles. The number of aryl methyl sites for hydroxylation is 2. The molecular formula is C17H21N5O2S. The number of thiophene rings is 1. The van der Waals surface area contributed by atoms with E-state index in [1.807, 2.05) is 48.8 Å². The Hall–Kier alpha value is -2.48. The van der Waals surface area contributed by atoms with Crippen LogP contribution in [0.2, 0.25) is 0 Å². The summed E-state index contributed by atoms with van der Waals surface area (Å²) in [5.74, 6) is 1.12. The van der Waals surface area contributed by atoms with Crippen LogP contribution in [-0.2, 0) is 24.8 Å². The average molecular weight is 359 g/mol. The molecule has 0 atom stereocenters. The maximum atomic E-state index is 12.6. The second kappa shape index (κ2) is 7.60. The third kappa shape index (κ3) is 4.33. The fourth-order valence-electron chi connectivity index (χ4n) is 2.53. The minimum atomic E-state index is 0.0640. The summed E-state index contributed by atoms with van der Waals surface area (Å²) in [4.78, 5) is 18.8. The van der Waals surface area contributed by atoms with Gasteiger partial charge in [0.15, 0.2) is 0 Å². The first-order chi connectivity index (χ1) is 12.0. The maximum Gasteiger partial charge on any atom is 0.227 e. The first kappa shape index (κ1) is 17.3. The third-order valence-electron chi connectivity index (χ3n) is 3.86. The van der Waals surface area contributed by atoms with Crippen molar-refractivity contribution >= 4 is 17.2 Å². The zero-order valence-corrected chi connectivity index (χ0v) is 15.4. The van der Waals surface area contributed by atoms with Crippen molar-refractivity contribution in [2.45, 2.75) is 39.3 Å². The predicted octanol–water partition coefficient (Wildman–Crippen LogP) is 2.90. The van der Waals surface area contributed by atoms with Gasteiger partial charge in [0.2, 0.25) is 17.6 Å². The molecule has 0 fully saturated rings. The molecule has 0 aliphatic rings. The number of carbonyl (C=O) groups is 1. The van der Waals surface area contributed by atoms with Crippen molar-refractivity contribution in [3.8, 4) is 11.4 Å². The average Bonchev–Trinajstić information content (AvgIpc) is 3.31. The predicted molar refractivity (Wildman–Crippen MR) is 94.8 cm³/mol. The van der Waals surface area contributed by atoms with Crippen LogP contribution in [0.1, 0.15) is 31.7 Å². The highest BCUT2D eigenvalue weighted by molar-refractivity contribution is 7.08. The lowest BCUT2D eigenvalue weighted by Crippen LogP contribution is -2.36. The van der Waals surface area contributed by atoms with Crippen molar-refractivity contribution in [2.24, 2.45) is 7.05 Å². The Bertz CT molecular complexity index is 822. The number of hydrogen-bond acceptors (Lipinski definition) is 6. The highest BCUT2D eigenvalue weighted by Gasteiger charge is 2.19. The fourth-order valence-corrected chi connectivity index (χ4v) is 3.17. The van der Waals surface area contributed by atoms with Crippen molar-refractivity contribution in [2.75, 3.05) is 0 Å². The first-order valence-corrected chi connectivity index (χ1v) is 9.09. The van der Waals surface area contributed by atoms with Crippen LogP contribution in [0.15, 0.2) is 33.7 Å². The summed E-state index contributed by atoms with van der Waals surface area (Å²) in [5.41, 5.74) is 1.95. The van der Waals surface area contributed by atoms with E-state index < -0.39 is 0 Å². The van der Waals surface area contributed by atoms with Crippen molar-refractivity contribution in [3.05, 3.63) is 40.7 Å². The number of rotatable bonds is 7. The number of carbonyl (C=O) groups excluding carboxylic acids is 1. The molecule has 0 N–H and O–H groups in total. The molecule has 132 valence electrons. The second-order valence-electron chi connectivity index (χ2n) is 6.16. The molecule has 0 unspecified atom stereocenters. The molecule has 0 saturated heterocycles. The molecule has 0 bridgehead atoms. The Balaban J connectivity index is 1.60. The summed E-state index contributed by atoms with van der Waals surface area (Å²) in [6, 6.07) is 2.05. The Morgan fingerprint density at radius 1 is 1.44 bits per heavy atom. The van der Waals surface area contributed by atoms with Crippen LogP contribution in [0.5, 0.6) is 0 Å². The molecule has 0 spiro atoms. The Kier molecular flexibility index (Phi) is 5.28. The lowest BCUT2D eigenvalue weighted by atomic mass is 10.2. The van der Waals surface area contributed by atoms with E-state index in [0.29, 0.717) is 31.1 Å².